The van der Waals surface area contributed by atoms with Gasteiger partial charge in [0.1, 0.15) is 0 Å². The Hall–Kier alpha value is 0.609. The molecule has 0 N–H and O–H groups in total. The molecule has 0 saturated heterocycles. The van der Waals surface area contributed by atoms with Crippen LogP contribution in [0.5, 0.6) is 0 Å². The van der Waals surface area contributed by atoms with Crippen molar-refractivity contribution in [3.8, 4) is 0 Å². The number of hydrogen-bond donors (Lipinski definition) is 0. The quantitative estimate of drug-likeness (QED) is 0.520. The number of allylic oxidation sites excluding steroid dienone is 1. The van der Waals surface area contributed by atoms with E-state index in [9.17, 15) is 0 Å². The summed E-state index contributed by atoms with van der Waals surface area (Å²) in [4.78, 5) is 0. The minimum atomic E-state index is 0.706. The van der Waals surface area contributed by atoms with Crippen molar-refractivity contribution in [3.05, 3.63) is 9.38 Å². The van der Waals surface area contributed by atoms with Crippen LogP contribution in [0.1, 0.15) is 33.6 Å². The van der Waals surface area contributed by atoms with Crippen molar-refractivity contribution in [2.75, 3.05) is 5.75 Å². The SMILES string of the molecule is CCCCSC([Se]C)=C(C)C. The van der Waals surface area contributed by atoms with Crippen LogP contribution in [0.3, 0.4) is 0 Å². The molecule has 0 aliphatic rings. The molecule has 0 heterocycles. The first-order valence-electron chi connectivity index (χ1n) is 4.06. The first-order chi connectivity index (χ1) is 5.22. The molecule has 66 valence electrons. The fraction of sp³-hybridized carbons (Fsp3) is 0.778. The van der Waals surface area contributed by atoms with Gasteiger partial charge in [0, 0.05) is 0 Å². The first-order valence-corrected chi connectivity index (χ1v) is 7.62. The van der Waals surface area contributed by atoms with E-state index in [1.165, 1.54) is 24.2 Å². The van der Waals surface area contributed by atoms with Gasteiger partial charge >= 0.3 is 81.3 Å². The molecule has 0 saturated carbocycles. The molecule has 0 atom stereocenters. The average Bonchev–Trinajstić information content (AvgIpc) is 1.97. The Morgan fingerprint density at radius 3 is 2.36 bits per heavy atom. The molecule has 0 aromatic carbocycles. The molecular weight excluding hydrogens is 219 g/mol. The van der Waals surface area contributed by atoms with Gasteiger partial charge in [-0.3, -0.25) is 0 Å². The maximum atomic E-state index is 2.30. The molecule has 0 fully saturated rings. The summed E-state index contributed by atoms with van der Waals surface area (Å²) in [5.41, 5.74) is 1.52. The van der Waals surface area contributed by atoms with Crippen molar-refractivity contribution in [2.45, 2.75) is 39.4 Å². The Morgan fingerprint density at radius 1 is 1.36 bits per heavy atom. The van der Waals surface area contributed by atoms with E-state index in [1.807, 2.05) is 0 Å². The van der Waals surface area contributed by atoms with Crippen molar-refractivity contribution in [1.82, 2.24) is 0 Å². The van der Waals surface area contributed by atoms with Gasteiger partial charge in [0.25, 0.3) is 0 Å². The fourth-order valence-electron chi connectivity index (χ4n) is 0.717. The monoisotopic (exact) mass is 238 g/mol. The predicted molar refractivity (Wildman–Crippen MR) is 57.4 cm³/mol. The van der Waals surface area contributed by atoms with Gasteiger partial charge in [-0.2, -0.15) is 0 Å². The fourth-order valence-corrected chi connectivity index (χ4v) is 3.86. The zero-order valence-electron chi connectivity index (χ0n) is 7.94. The molecule has 0 rings (SSSR count). The molecule has 2 heteroatoms. The molecule has 0 nitrogen and oxygen atoms in total. The van der Waals surface area contributed by atoms with Crippen molar-refractivity contribution in [3.63, 3.8) is 0 Å². The van der Waals surface area contributed by atoms with Crippen molar-refractivity contribution in [1.29, 1.82) is 0 Å². The van der Waals surface area contributed by atoms with Gasteiger partial charge in [-0.05, 0) is 0 Å². The molecule has 0 spiro atoms. The first kappa shape index (κ1) is 11.6. The van der Waals surface area contributed by atoms with Crippen LogP contribution in [0.4, 0.5) is 0 Å². The molecule has 11 heavy (non-hydrogen) atoms. The third kappa shape index (κ3) is 5.83. The van der Waals surface area contributed by atoms with E-state index in [0.29, 0.717) is 15.0 Å². The molecule has 0 aromatic rings. The van der Waals surface area contributed by atoms with E-state index in [1.54, 1.807) is 3.80 Å². The zero-order valence-corrected chi connectivity index (χ0v) is 10.5. The molecule has 0 aromatic heterocycles. The third-order valence-electron chi connectivity index (χ3n) is 1.32. The van der Waals surface area contributed by atoms with E-state index in [2.05, 4.69) is 38.4 Å². The summed E-state index contributed by atoms with van der Waals surface area (Å²) in [6, 6.07) is 0. The van der Waals surface area contributed by atoms with E-state index < -0.39 is 0 Å². The second kappa shape index (κ2) is 7.27. The van der Waals surface area contributed by atoms with Crippen LogP contribution in [-0.4, -0.2) is 20.7 Å². The average molecular weight is 237 g/mol. The summed E-state index contributed by atoms with van der Waals surface area (Å²) < 4.78 is 1.64. The van der Waals surface area contributed by atoms with Gasteiger partial charge in [0.05, 0.1) is 0 Å². The Bertz CT molecular complexity index is 126. The molecule has 0 bridgehead atoms. The normalized spacial score (nSPS) is 9.82. The topological polar surface area (TPSA) is 0 Å². The Labute approximate surface area is 81.4 Å². The molecule has 0 unspecified atom stereocenters. The number of hydrogen-bond acceptors (Lipinski definition) is 1. The Kier molecular flexibility index (Phi) is 7.67. The van der Waals surface area contributed by atoms with Crippen LogP contribution in [-0.2, 0) is 0 Å². The summed E-state index contributed by atoms with van der Waals surface area (Å²) in [6.45, 7) is 6.69. The molecule has 0 radical (unpaired) electrons. The predicted octanol–water partition coefficient (Wildman–Crippen LogP) is 3.52. The number of rotatable bonds is 5. The minimum absolute atomic E-state index is 0.706. The van der Waals surface area contributed by atoms with Crippen LogP contribution in [0.25, 0.3) is 0 Å². The second-order valence-electron chi connectivity index (χ2n) is 2.69. The van der Waals surface area contributed by atoms with Crippen molar-refractivity contribution >= 4 is 26.7 Å². The van der Waals surface area contributed by atoms with E-state index in [0.717, 1.165) is 0 Å². The summed E-state index contributed by atoms with van der Waals surface area (Å²) in [6.07, 6.45) is 2.68. The van der Waals surface area contributed by atoms with Gasteiger partial charge in [-0.15, -0.1) is 0 Å². The van der Waals surface area contributed by atoms with Gasteiger partial charge in [0.2, 0.25) is 0 Å². The summed E-state index contributed by atoms with van der Waals surface area (Å²) in [5.74, 6) is 3.61. The van der Waals surface area contributed by atoms with Crippen molar-refractivity contribution in [2.24, 2.45) is 0 Å². The van der Waals surface area contributed by atoms with Gasteiger partial charge in [-0.1, -0.05) is 0 Å². The van der Waals surface area contributed by atoms with Gasteiger partial charge in [-0.25, -0.2) is 0 Å². The van der Waals surface area contributed by atoms with E-state index in [-0.39, 0.29) is 0 Å². The maximum absolute atomic E-state index is 2.30. The number of thioether (sulfide) groups is 1. The van der Waals surface area contributed by atoms with Crippen LogP contribution in [0, 0.1) is 0 Å². The molecule has 0 amide bonds. The summed E-state index contributed by atoms with van der Waals surface area (Å²) in [5, 5.41) is 0. The van der Waals surface area contributed by atoms with E-state index >= 15 is 0 Å². The van der Waals surface area contributed by atoms with Crippen LogP contribution >= 0.6 is 11.8 Å². The molecule has 0 aliphatic heterocycles. The Balaban J connectivity index is 3.63. The van der Waals surface area contributed by atoms with Gasteiger partial charge < -0.3 is 0 Å². The van der Waals surface area contributed by atoms with Crippen molar-refractivity contribution < 1.29 is 0 Å². The van der Waals surface area contributed by atoms with E-state index in [4.69, 9.17) is 0 Å². The second-order valence-corrected chi connectivity index (χ2v) is 6.10. The summed E-state index contributed by atoms with van der Waals surface area (Å²) >= 11 is 2.77. The third-order valence-corrected chi connectivity index (χ3v) is 5.73. The number of unbranched alkanes of at least 4 members (excludes halogenated alkanes) is 1. The van der Waals surface area contributed by atoms with Crippen LogP contribution < -0.4 is 0 Å². The molecule has 0 aliphatic carbocycles. The van der Waals surface area contributed by atoms with Crippen LogP contribution in [0.15, 0.2) is 9.38 Å². The molecular formula is C9H18SSe. The summed E-state index contributed by atoms with van der Waals surface area (Å²) in [7, 11) is 0. The zero-order chi connectivity index (χ0) is 8.69. The van der Waals surface area contributed by atoms with Crippen LogP contribution in [0.2, 0.25) is 5.82 Å². The van der Waals surface area contributed by atoms with Gasteiger partial charge in [0.15, 0.2) is 0 Å². The Morgan fingerprint density at radius 2 is 2.00 bits per heavy atom. The standard InChI is InChI=1S/C9H18SSe/c1-5-6-7-10-9(11-4)8(2)3/h5-7H2,1-4H3.